The number of ether oxygens (including phenoxy) is 1. The number of hydrogen-bond donors (Lipinski definition) is 2. The summed E-state index contributed by atoms with van der Waals surface area (Å²) >= 11 is 0. The zero-order valence-electron chi connectivity index (χ0n) is 16.6. The average Bonchev–Trinajstić information content (AvgIpc) is 2.72. The second-order valence-corrected chi connectivity index (χ2v) is 6.19. The van der Waals surface area contributed by atoms with E-state index in [-0.39, 0.29) is 0 Å². The Bertz CT molecular complexity index is 861. The first-order valence-electron chi connectivity index (χ1n) is 9.66. The van der Waals surface area contributed by atoms with Crippen LogP contribution in [0.2, 0.25) is 0 Å². The standard InChI is InChI=1S/C22H27N5O/c1-4-27(5-2)19-11-7-18(8-12-19)25-22-23-16-15-21(26-22)24-17-9-13-20(14-10-17)28-6-3/h7-16H,4-6H2,1-3H3,(H2,23,24,25,26). The largest absolute Gasteiger partial charge is 0.494 e. The van der Waals surface area contributed by atoms with Gasteiger partial charge in [-0.25, -0.2) is 4.98 Å². The van der Waals surface area contributed by atoms with Crippen LogP contribution in [0.3, 0.4) is 0 Å². The summed E-state index contributed by atoms with van der Waals surface area (Å²) in [6.45, 7) is 8.93. The minimum atomic E-state index is 0.548. The van der Waals surface area contributed by atoms with E-state index in [0.717, 1.165) is 36.0 Å². The molecule has 6 nitrogen and oxygen atoms in total. The van der Waals surface area contributed by atoms with Crippen molar-refractivity contribution in [1.29, 1.82) is 0 Å². The predicted molar refractivity (Wildman–Crippen MR) is 116 cm³/mol. The highest BCUT2D eigenvalue weighted by atomic mass is 16.5. The van der Waals surface area contributed by atoms with Crippen molar-refractivity contribution in [3.8, 4) is 5.75 Å². The van der Waals surface area contributed by atoms with Crippen molar-refractivity contribution in [3.05, 3.63) is 60.8 Å². The smallest absolute Gasteiger partial charge is 0.229 e. The van der Waals surface area contributed by atoms with Gasteiger partial charge in [0, 0.05) is 36.3 Å². The van der Waals surface area contributed by atoms with Gasteiger partial charge in [0.1, 0.15) is 11.6 Å². The first-order valence-corrected chi connectivity index (χ1v) is 9.66. The van der Waals surface area contributed by atoms with E-state index in [9.17, 15) is 0 Å². The minimum Gasteiger partial charge on any atom is -0.494 e. The van der Waals surface area contributed by atoms with Gasteiger partial charge < -0.3 is 20.3 Å². The number of nitrogens with one attached hydrogen (secondary N) is 2. The summed E-state index contributed by atoms with van der Waals surface area (Å²) in [6.07, 6.45) is 1.73. The van der Waals surface area contributed by atoms with Crippen LogP contribution in [0, 0.1) is 0 Å². The van der Waals surface area contributed by atoms with Gasteiger partial charge in [0.2, 0.25) is 5.95 Å². The molecule has 28 heavy (non-hydrogen) atoms. The van der Waals surface area contributed by atoms with Crippen molar-refractivity contribution in [2.45, 2.75) is 20.8 Å². The first-order chi connectivity index (χ1) is 13.7. The summed E-state index contributed by atoms with van der Waals surface area (Å²) in [5.74, 6) is 2.12. The minimum absolute atomic E-state index is 0.548. The summed E-state index contributed by atoms with van der Waals surface area (Å²) in [4.78, 5) is 11.2. The SMILES string of the molecule is CCOc1ccc(Nc2ccnc(Nc3ccc(N(CC)CC)cc3)n2)cc1. The molecule has 0 aliphatic rings. The van der Waals surface area contributed by atoms with Gasteiger partial charge in [0.15, 0.2) is 0 Å². The molecule has 3 aromatic rings. The van der Waals surface area contributed by atoms with Crippen molar-refractivity contribution in [1.82, 2.24) is 9.97 Å². The monoisotopic (exact) mass is 377 g/mol. The normalized spacial score (nSPS) is 10.4. The number of anilines is 5. The molecule has 0 atom stereocenters. The van der Waals surface area contributed by atoms with Crippen LogP contribution in [0.1, 0.15) is 20.8 Å². The van der Waals surface area contributed by atoms with Crippen LogP contribution in [0.25, 0.3) is 0 Å². The van der Waals surface area contributed by atoms with Crippen LogP contribution in [0.5, 0.6) is 5.75 Å². The average molecular weight is 377 g/mol. The molecule has 0 radical (unpaired) electrons. The highest BCUT2D eigenvalue weighted by Crippen LogP contribution is 2.22. The van der Waals surface area contributed by atoms with E-state index in [1.165, 1.54) is 5.69 Å². The summed E-state index contributed by atoms with van der Waals surface area (Å²) in [5.41, 5.74) is 3.10. The Hall–Kier alpha value is -3.28. The van der Waals surface area contributed by atoms with E-state index in [2.05, 4.69) is 51.5 Å². The fourth-order valence-electron chi connectivity index (χ4n) is 2.91. The van der Waals surface area contributed by atoms with Gasteiger partial charge in [0.25, 0.3) is 0 Å². The van der Waals surface area contributed by atoms with Crippen molar-refractivity contribution in [3.63, 3.8) is 0 Å². The lowest BCUT2D eigenvalue weighted by Gasteiger charge is -2.21. The lowest BCUT2D eigenvalue weighted by Crippen LogP contribution is -2.21. The molecule has 1 heterocycles. The van der Waals surface area contributed by atoms with E-state index in [1.807, 2.05) is 49.4 Å². The molecule has 146 valence electrons. The molecule has 1 aromatic heterocycles. The third kappa shape index (κ3) is 5.13. The molecule has 0 aliphatic carbocycles. The quantitative estimate of drug-likeness (QED) is 0.534. The number of benzene rings is 2. The number of rotatable bonds is 9. The zero-order valence-corrected chi connectivity index (χ0v) is 16.6. The van der Waals surface area contributed by atoms with E-state index in [4.69, 9.17) is 4.74 Å². The van der Waals surface area contributed by atoms with E-state index in [1.54, 1.807) is 6.20 Å². The maximum absolute atomic E-state index is 5.47. The summed E-state index contributed by atoms with van der Waals surface area (Å²) in [7, 11) is 0. The number of nitrogens with zero attached hydrogens (tertiary/aromatic N) is 3. The Morgan fingerprint density at radius 2 is 1.46 bits per heavy atom. The summed E-state index contributed by atoms with van der Waals surface area (Å²) < 4.78 is 5.47. The highest BCUT2D eigenvalue weighted by Gasteiger charge is 2.04. The van der Waals surface area contributed by atoms with Gasteiger partial charge in [-0.05, 0) is 75.4 Å². The molecule has 2 N–H and O–H groups in total. The molecular weight excluding hydrogens is 350 g/mol. The van der Waals surface area contributed by atoms with Crippen LogP contribution in [0.4, 0.5) is 28.8 Å². The van der Waals surface area contributed by atoms with Crippen LogP contribution >= 0.6 is 0 Å². The van der Waals surface area contributed by atoms with E-state index in [0.29, 0.717) is 12.6 Å². The Morgan fingerprint density at radius 1 is 0.821 bits per heavy atom. The molecule has 0 amide bonds. The van der Waals surface area contributed by atoms with Crippen molar-refractivity contribution in [2.75, 3.05) is 35.2 Å². The van der Waals surface area contributed by atoms with Gasteiger partial charge in [-0.3, -0.25) is 0 Å². The Labute approximate surface area is 166 Å². The van der Waals surface area contributed by atoms with Crippen LogP contribution in [-0.2, 0) is 0 Å². The molecule has 0 bridgehead atoms. The van der Waals surface area contributed by atoms with Crippen LogP contribution in [-0.4, -0.2) is 29.7 Å². The third-order valence-electron chi connectivity index (χ3n) is 4.35. The van der Waals surface area contributed by atoms with Crippen molar-refractivity contribution >= 4 is 28.8 Å². The lowest BCUT2D eigenvalue weighted by molar-refractivity contribution is 0.340. The van der Waals surface area contributed by atoms with Gasteiger partial charge in [-0.15, -0.1) is 0 Å². The molecule has 0 aliphatic heterocycles. The second-order valence-electron chi connectivity index (χ2n) is 6.19. The van der Waals surface area contributed by atoms with Gasteiger partial charge in [0.05, 0.1) is 6.61 Å². The second kappa shape index (κ2) is 9.60. The number of hydrogen-bond acceptors (Lipinski definition) is 6. The van der Waals surface area contributed by atoms with Crippen molar-refractivity contribution in [2.24, 2.45) is 0 Å². The molecule has 2 aromatic carbocycles. The van der Waals surface area contributed by atoms with Crippen LogP contribution in [0.15, 0.2) is 60.8 Å². The molecule has 0 saturated heterocycles. The lowest BCUT2D eigenvalue weighted by atomic mass is 10.2. The molecule has 0 unspecified atom stereocenters. The number of aromatic nitrogens is 2. The topological polar surface area (TPSA) is 62.3 Å². The van der Waals surface area contributed by atoms with Crippen molar-refractivity contribution < 1.29 is 4.74 Å². The summed E-state index contributed by atoms with van der Waals surface area (Å²) in [6, 6.07) is 17.9. The zero-order chi connectivity index (χ0) is 19.8. The first kappa shape index (κ1) is 19.5. The van der Waals surface area contributed by atoms with Crippen LogP contribution < -0.4 is 20.3 Å². The maximum Gasteiger partial charge on any atom is 0.229 e. The molecule has 3 rings (SSSR count). The Kier molecular flexibility index (Phi) is 6.68. The third-order valence-corrected chi connectivity index (χ3v) is 4.35. The van der Waals surface area contributed by atoms with Gasteiger partial charge in [-0.2, -0.15) is 4.98 Å². The van der Waals surface area contributed by atoms with Gasteiger partial charge in [-0.1, -0.05) is 0 Å². The highest BCUT2D eigenvalue weighted by molar-refractivity contribution is 5.62. The van der Waals surface area contributed by atoms with E-state index >= 15 is 0 Å². The predicted octanol–water partition coefficient (Wildman–Crippen LogP) is 5.21. The molecule has 6 heteroatoms. The molecular formula is C22H27N5O. The maximum atomic E-state index is 5.47. The summed E-state index contributed by atoms with van der Waals surface area (Å²) in [5, 5.41) is 6.54. The fourth-order valence-corrected chi connectivity index (χ4v) is 2.91. The Balaban J connectivity index is 1.66. The van der Waals surface area contributed by atoms with E-state index < -0.39 is 0 Å². The van der Waals surface area contributed by atoms with Gasteiger partial charge >= 0.3 is 0 Å². The molecule has 0 fully saturated rings. The molecule has 0 spiro atoms. The Morgan fingerprint density at radius 3 is 2.11 bits per heavy atom. The molecule has 0 saturated carbocycles. The fraction of sp³-hybridized carbons (Fsp3) is 0.273.